The van der Waals surface area contributed by atoms with Gasteiger partial charge in [-0.15, -0.1) is 0 Å². The molecule has 1 saturated heterocycles. The van der Waals surface area contributed by atoms with Crippen LogP contribution in [0, 0.1) is 19.3 Å². The van der Waals surface area contributed by atoms with Gasteiger partial charge in [0.2, 0.25) is 11.8 Å². The zero-order chi connectivity index (χ0) is 15.1. The van der Waals surface area contributed by atoms with E-state index in [1.165, 1.54) is 10.5 Å². The van der Waals surface area contributed by atoms with Crippen LogP contribution in [-0.2, 0) is 9.59 Å². The SMILES string of the molecule is Cc1ccc(C(N)CN2C(=O)CC(C)(C)C2=O)c(C)c1. The van der Waals surface area contributed by atoms with E-state index in [0.717, 1.165) is 11.1 Å². The van der Waals surface area contributed by atoms with Gasteiger partial charge in [0.05, 0.1) is 5.41 Å². The van der Waals surface area contributed by atoms with Crippen LogP contribution >= 0.6 is 0 Å². The quantitative estimate of drug-likeness (QED) is 0.858. The second-order valence-electron chi connectivity index (χ2n) is 6.34. The first kappa shape index (κ1) is 14.7. The lowest BCUT2D eigenvalue weighted by atomic mass is 9.92. The normalized spacial score (nSPS) is 19.6. The van der Waals surface area contributed by atoms with Crippen LogP contribution in [0.25, 0.3) is 0 Å². The highest BCUT2D eigenvalue weighted by atomic mass is 16.2. The van der Waals surface area contributed by atoms with Crippen molar-refractivity contribution in [2.75, 3.05) is 6.54 Å². The molecule has 1 heterocycles. The Morgan fingerprint density at radius 1 is 1.30 bits per heavy atom. The van der Waals surface area contributed by atoms with Gasteiger partial charge in [0.25, 0.3) is 0 Å². The van der Waals surface area contributed by atoms with E-state index < -0.39 is 5.41 Å². The molecule has 0 bridgehead atoms. The molecular weight excluding hydrogens is 252 g/mol. The predicted octanol–water partition coefficient (Wildman–Crippen LogP) is 2.09. The zero-order valence-corrected chi connectivity index (χ0v) is 12.6. The van der Waals surface area contributed by atoms with Gasteiger partial charge in [-0.05, 0) is 25.0 Å². The van der Waals surface area contributed by atoms with Gasteiger partial charge in [-0.25, -0.2) is 0 Å². The Kier molecular flexibility index (Phi) is 3.69. The molecule has 0 radical (unpaired) electrons. The molecule has 1 aliphatic rings. The number of imide groups is 1. The highest BCUT2D eigenvalue weighted by Crippen LogP contribution is 2.32. The van der Waals surface area contributed by atoms with Crippen LogP contribution in [0.5, 0.6) is 0 Å². The summed E-state index contributed by atoms with van der Waals surface area (Å²) in [6.45, 7) is 7.88. The van der Waals surface area contributed by atoms with E-state index in [1.807, 2.05) is 26.0 Å². The number of hydrogen-bond acceptors (Lipinski definition) is 3. The molecule has 1 unspecified atom stereocenters. The number of benzene rings is 1. The zero-order valence-electron chi connectivity index (χ0n) is 12.6. The third kappa shape index (κ3) is 2.61. The third-order valence-corrected chi connectivity index (χ3v) is 3.92. The molecular formula is C16H22N2O2. The maximum Gasteiger partial charge on any atom is 0.235 e. The van der Waals surface area contributed by atoms with Gasteiger partial charge in [0.15, 0.2) is 0 Å². The molecule has 1 aromatic rings. The Hall–Kier alpha value is -1.68. The largest absolute Gasteiger partial charge is 0.322 e. The van der Waals surface area contributed by atoms with E-state index in [9.17, 15) is 9.59 Å². The number of carbonyl (C=O) groups is 2. The lowest BCUT2D eigenvalue weighted by Crippen LogP contribution is -2.38. The van der Waals surface area contributed by atoms with Crippen molar-refractivity contribution in [2.24, 2.45) is 11.1 Å². The fraction of sp³-hybridized carbons (Fsp3) is 0.500. The number of carbonyl (C=O) groups excluding carboxylic acids is 2. The first-order valence-electron chi connectivity index (χ1n) is 6.90. The maximum absolute atomic E-state index is 12.2. The molecule has 20 heavy (non-hydrogen) atoms. The number of likely N-dealkylation sites (tertiary alicyclic amines) is 1. The summed E-state index contributed by atoms with van der Waals surface area (Å²) < 4.78 is 0. The van der Waals surface area contributed by atoms with Crippen LogP contribution in [0.2, 0.25) is 0 Å². The molecule has 2 rings (SSSR count). The highest BCUT2D eigenvalue weighted by Gasteiger charge is 2.45. The van der Waals surface area contributed by atoms with Gasteiger partial charge in [-0.1, -0.05) is 37.6 Å². The van der Waals surface area contributed by atoms with Crippen LogP contribution in [-0.4, -0.2) is 23.3 Å². The topological polar surface area (TPSA) is 63.4 Å². The maximum atomic E-state index is 12.2. The van der Waals surface area contributed by atoms with Gasteiger partial charge in [-0.2, -0.15) is 0 Å². The molecule has 1 atom stereocenters. The van der Waals surface area contributed by atoms with Crippen LogP contribution in [0.3, 0.4) is 0 Å². The summed E-state index contributed by atoms with van der Waals surface area (Å²) in [6.07, 6.45) is 0.269. The van der Waals surface area contributed by atoms with Gasteiger partial charge in [0.1, 0.15) is 0 Å². The summed E-state index contributed by atoms with van der Waals surface area (Å²) in [6, 6.07) is 5.70. The summed E-state index contributed by atoms with van der Waals surface area (Å²) in [5.41, 5.74) is 8.85. The standard InChI is InChI=1S/C16H22N2O2/c1-10-5-6-12(11(2)7-10)13(17)9-18-14(19)8-16(3,4)15(18)20/h5-7,13H,8-9,17H2,1-4H3. The highest BCUT2D eigenvalue weighted by molar-refractivity contribution is 6.05. The van der Waals surface area contributed by atoms with E-state index in [2.05, 4.69) is 6.07 Å². The van der Waals surface area contributed by atoms with E-state index in [-0.39, 0.29) is 30.8 Å². The van der Waals surface area contributed by atoms with Gasteiger partial charge >= 0.3 is 0 Å². The number of amides is 2. The smallest absolute Gasteiger partial charge is 0.235 e. The molecule has 1 fully saturated rings. The van der Waals surface area contributed by atoms with Crippen LogP contribution in [0.15, 0.2) is 18.2 Å². The molecule has 108 valence electrons. The number of aryl methyl sites for hydroxylation is 2. The monoisotopic (exact) mass is 274 g/mol. The predicted molar refractivity (Wildman–Crippen MR) is 78.0 cm³/mol. The molecule has 4 nitrogen and oxygen atoms in total. The first-order valence-corrected chi connectivity index (χ1v) is 6.90. The van der Waals surface area contributed by atoms with Gasteiger partial charge < -0.3 is 5.73 Å². The number of nitrogens with two attached hydrogens (primary N) is 1. The summed E-state index contributed by atoms with van der Waals surface area (Å²) in [4.78, 5) is 25.5. The Balaban J connectivity index is 2.18. The van der Waals surface area contributed by atoms with Crippen molar-refractivity contribution < 1.29 is 9.59 Å². The average molecular weight is 274 g/mol. The summed E-state index contributed by atoms with van der Waals surface area (Å²) in [7, 11) is 0. The van der Waals surface area contributed by atoms with E-state index in [4.69, 9.17) is 5.73 Å². The molecule has 0 spiro atoms. The molecule has 1 aliphatic heterocycles. The van der Waals surface area contributed by atoms with Crippen molar-refractivity contribution in [1.29, 1.82) is 0 Å². The second kappa shape index (κ2) is 5.02. The molecule has 1 aromatic carbocycles. The lowest BCUT2D eigenvalue weighted by Gasteiger charge is -2.23. The minimum absolute atomic E-state index is 0.122. The second-order valence-corrected chi connectivity index (χ2v) is 6.34. The molecule has 4 heteroatoms. The van der Waals surface area contributed by atoms with Crippen LogP contribution < -0.4 is 5.73 Å². The van der Waals surface area contributed by atoms with Gasteiger partial charge in [0, 0.05) is 19.0 Å². The van der Waals surface area contributed by atoms with Crippen molar-refractivity contribution in [3.8, 4) is 0 Å². The average Bonchev–Trinajstić information content (AvgIpc) is 2.51. The lowest BCUT2D eigenvalue weighted by molar-refractivity contribution is -0.141. The molecule has 2 N–H and O–H groups in total. The molecule has 0 aliphatic carbocycles. The minimum atomic E-state index is -0.598. The van der Waals surface area contributed by atoms with E-state index in [1.54, 1.807) is 13.8 Å². The van der Waals surface area contributed by atoms with E-state index in [0.29, 0.717) is 0 Å². The molecule has 2 amide bonds. The Bertz CT molecular complexity index is 564. The minimum Gasteiger partial charge on any atom is -0.322 e. The summed E-state index contributed by atoms with van der Waals surface area (Å²) in [5, 5.41) is 0. The van der Waals surface area contributed by atoms with Crippen LogP contribution in [0.1, 0.15) is 43.0 Å². The van der Waals surface area contributed by atoms with Crippen molar-refractivity contribution in [3.05, 3.63) is 34.9 Å². The fourth-order valence-electron chi connectivity index (χ4n) is 2.75. The van der Waals surface area contributed by atoms with Crippen molar-refractivity contribution in [2.45, 2.75) is 40.2 Å². The van der Waals surface area contributed by atoms with Crippen molar-refractivity contribution in [1.82, 2.24) is 4.90 Å². The summed E-state index contributed by atoms with van der Waals surface area (Å²) >= 11 is 0. The summed E-state index contributed by atoms with van der Waals surface area (Å²) in [5.74, 6) is -0.247. The Morgan fingerprint density at radius 3 is 2.45 bits per heavy atom. The Labute approximate surface area is 119 Å². The van der Waals surface area contributed by atoms with Crippen molar-refractivity contribution >= 4 is 11.8 Å². The molecule has 0 aromatic heterocycles. The first-order chi connectivity index (χ1) is 9.22. The third-order valence-electron chi connectivity index (χ3n) is 3.92. The molecule has 0 saturated carbocycles. The fourth-order valence-corrected chi connectivity index (χ4v) is 2.75. The van der Waals surface area contributed by atoms with Crippen LogP contribution in [0.4, 0.5) is 0 Å². The number of rotatable bonds is 3. The number of hydrogen-bond donors (Lipinski definition) is 1. The Morgan fingerprint density at radius 2 is 1.95 bits per heavy atom. The van der Waals surface area contributed by atoms with Gasteiger partial charge in [-0.3, -0.25) is 14.5 Å². The van der Waals surface area contributed by atoms with Crippen molar-refractivity contribution in [3.63, 3.8) is 0 Å². The number of nitrogens with zero attached hydrogens (tertiary/aromatic N) is 1. The van der Waals surface area contributed by atoms with E-state index >= 15 is 0 Å².